The first-order valence-electron chi connectivity index (χ1n) is 11.9. The van der Waals surface area contributed by atoms with Gasteiger partial charge in [-0.2, -0.15) is 0 Å². The van der Waals surface area contributed by atoms with Gasteiger partial charge in [0.15, 0.2) is 5.79 Å². The smallest absolute Gasteiger partial charge is 0.163 e. The summed E-state index contributed by atoms with van der Waals surface area (Å²) in [5, 5.41) is 11.3. The van der Waals surface area contributed by atoms with Crippen LogP contribution < -0.4 is 4.74 Å². The van der Waals surface area contributed by atoms with Crippen LogP contribution in [0.3, 0.4) is 0 Å². The van der Waals surface area contributed by atoms with Crippen LogP contribution in [0.5, 0.6) is 5.75 Å². The monoisotopic (exact) mass is 461 g/mol. The molecule has 1 fully saturated rings. The van der Waals surface area contributed by atoms with Crippen LogP contribution in [-0.2, 0) is 22.6 Å². The molecule has 0 saturated carbocycles. The van der Waals surface area contributed by atoms with E-state index in [0.717, 1.165) is 30.0 Å². The van der Waals surface area contributed by atoms with Crippen molar-refractivity contribution in [1.29, 1.82) is 0 Å². The molecule has 1 aliphatic rings. The van der Waals surface area contributed by atoms with E-state index in [-0.39, 0.29) is 6.10 Å². The van der Waals surface area contributed by atoms with E-state index in [9.17, 15) is 5.11 Å². The van der Waals surface area contributed by atoms with Crippen molar-refractivity contribution >= 4 is 0 Å². The molecule has 0 aliphatic carbocycles. The summed E-state index contributed by atoms with van der Waals surface area (Å²) in [5.74, 6) is 0.162. The van der Waals surface area contributed by atoms with Gasteiger partial charge in [0.25, 0.3) is 0 Å². The number of hydrogen-bond acceptors (Lipinski definition) is 5. The van der Waals surface area contributed by atoms with Crippen molar-refractivity contribution in [3.8, 4) is 5.75 Å². The predicted molar refractivity (Wildman–Crippen MR) is 134 cm³/mol. The summed E-state index contributed by atoms with van der Waals surface area (Å²) in [5.41, 5.74) is 4.37. The predicted octanol–water partition coefficient (Wildman–Crippen LogP) is 5.26. The maximum atomic E-state index is 11.3. The molecule has 0 radical (unpaired) electrons. The fourth-order valence-electron chi connectivity index (χ4n) is 4.31. The molecular weight excluding hydrogens is 426 g/mol. The summed E-state index contributed by atoms with van der Waals surface area (Å²) in [6.45, 7) is 8.80. The van der Waals surface area contributed by atoms with Crippen LogP contribution in [0.15, 0.2) is 78.9 Å². The van der Waals surface area contributed by atoms with Crippen LogP contribution in [0, 0.1) is 6.92 Å². The standard InChI is InChI=1S/C29H35NO4/c1-22-14-15-25(32-20-26-21-33-29(2,3)34-26)16-27(22)28(31)19-30(17-23-10-6-4-7-11-23)18-24-12-8-5-9-13-24/h4-16,26,28,31H,17-21H2,1-3H3/t26?,28-/m1/s1. The highest BCUT2D eigenvalue weighted by atomic mass is 16.7. The number of rotatable bonds is 10. The number of ether oxygens (including phenoxy) is 3. The molecule has 1 unspecified atom stereocenters. The quantitative estimate of drug-likeness (QED) is 0.446. The molecule has 0 amide bonds. The molecule has 2 atom stereocenters. The van der Waals surface area contributed by atoms with Crippen LogP contribution in [0.2, 0.25) is 0 Å². The molecular formula is C29H35NO4. The van der Waals surface area contributed by atoms with Gasteiger partial charge >= 0.3 is 0 Å². The Morgan fingerprint density at radius 1 is 0.971 bits per heavy atom. The van der Waals surface area contributed by atoms with Gasteiger partial charge in [-0.15, -0.1) is 0 Å². The lowest BCUT2D eigenvalue weighted by atomic mass is 10.0. The largest absolute Gasteiger partial charge is 0.491 e. The van der Waals surface area contributed by atoms with E-state index in [1.807, 2.05) is 51.1 Å². The second-order valence-corrected chi connectivity index (χ2v) is 9.44. The van der Waals surface area contributed by atoms with Gasteiger partial charge in [0.05, 0.1) is 12.7 Å². The average Bonchev–Trinajstić information content (AvgIpc) is 3.18. The molecule has 3 aromatic carbocycles. The van der Waals surface area contributed by atoms with Crippen molar-refractivity contribution in [3.05, 3.63) is 101 Å². The molecule has 34 heavy (non-hydrogen) atoms. The van der Waals surface area contributed by atoms with Crippen molar-refractivity contribution in [3.63, 3.8) is 0 Å². The third-order valence-electron chi connectivity index (χ3n) is 6.04. The molecule has 5 nitrogen and oxygen atoms in total. The average molecular weight is 462 g/mol. The van der Waals surface area contributed by atoms with Gasteiger partial charge in [0.1, 0.15) is 18.5 Å². The lowest BCUT2D eigenvalue weighted by Crippen LogP contribution is -2.28. The zero-order valence-electron chi connectivity index (χ0n) is 20.3. The van der Waals surface area contributed by atoms with E-state index in [1.165, 1.54) is 11.1 Å². The number of aliphatic hydroxyl groups is 1. The normalized spacial score (nSPS) is 18.2. The van der Waals surface area contributed by atoms with Gasteiger partial charge in [-0.05, 0) is 55.2 Å². The molecule has 1 N–H and O–H groups in total. The third kappa shape index (κ3) is 6.90. The van der Waals surface area contributed by atoms with Crippen molar-refractivity contribution in [2.75, 3.05) is 19.8 Å². The van der Waals surface area contributed by atoms with Crippen LogP contribution in [0.1, 0.15) is 42.2 Å². The lowest BCUT2D eigenvalue weighted by Gasteiger charge is -2.26. The van der Waals surface area contributed by atoms with E-state index in [4.69, 9.17) is 14.2 Å². The number of hydrogen-bond donors (Lipinski definition) is 1. The Hall–Kier alpha value is -2.70. The second-order valence-electron chi connectivity index (χ2n) is 9.44. The van der Waals surface area contributed by atoms with E-state index in [0.29, 0.717) is 19.8 Å². The first-order valence-corrected chi connectivity index (χ1v) is 11.9. The molecule has 1 aliphatic heterocycles. The fraction of sp³-hybridized carbons (Fsp3) is 0.379. The number of aryl methyl sites for hydroxylation is 1. The second kappa shape index (κ2) is 11.2. The minimum absolute atomic E-state index is 0.100. The van der Waals surface area contributed by atoms with E-state index >= 15 is 0 Å². The van der Waals surface area contributed by atoms with Crippen molar-refractivity contribution in [1.82, 2.24) is 4.90 Å². The summed E-state index contributed by atoms with van der Waals surface area (Å²) in [6, 6.07) is 26.7. The molecule has 3 aromatic rings. The van der Waals surface area contributed by atoms with Crippen LogP contribution in [0.25, 0.3) is 0 Å². The zero-order valence-corrected chi connectivity index (χ0v) is 20.3. The molecule has 5 heteroatoms. The molecule has 4 rings (SSSR count). The van der Waals surface area contributed by atoms with Crippen molar-refractivity contribution in [2.24, 2.45) is 0 Å². The maximum Gasteiger partial charge on any atom is 0.163 e. The van der Waals surface area contributed by atoms with E-state index < -0.39 is 11.9 Å². The van der Waals surface area contributed by atoms with E-state index in [2.05, 4.69) is 53.4 Å². The Morgan fingerprint density at radius 3 is 2.15 bits per heavy atom. The summed E-state index contributed by atoms with van der Waals surface area (Å²) in [4.78, 5) is 2.29. The Balaban J connectivity index is 1.44. The zero-order chi connectivity index (χ0) is 24.0. The minimum Gasteiger partial charge on any atom is -0.491 e. The number of aliphatic hydroxyl groups excluding tert-OH is 1. The van der Waals surface area contributed by atoms with Gasteiger partial charge in [-0.25, -0.2) is 0 Å². The third-order valence-corrected chi connectivity index (χ3v) is 6.04. The highest BCUT2D eigenvalue weighted by Crippen LogP contribution is 2.27. The molecule has 0 bridgehead atoms. The summed E-state index contributed by atoms with van der Waals surface area (Å²) >= 11 is 0. The number of nitrogens with zero attached hydrogens (tertiary/aromatic N) is 1. The molecule has 0 spiro atoms. The van der Waals surface area contributed by atoms with Crippen molar-refractivity contribution < 1.29 is 19.3 Å². The Kier molecular flexibility index (Phi) is 8.01. The van der Waals surface area contributed by atoms with Crippen LogP contribution in [-0.4, -0.2) is 41.7 Å². The van der Waals surface area contributed by atoms with Gasteiger partial charge in [-0.1, -0.05) is 66.7 Å². The molecule has 1 saturated heterocycles. The summed E-state index contributed by atoms with van der Waals surface area (Å²) < 4.78 is 17.4. The topological polar surface area (TPSA) is 51.2 Å². The maximum absolute atomic E-state index is 11.3. The molecule has 1 heterocycles. The first kappa shape index (κ1) is 24.4. The lowest BCUT2D eigenvalue weighted by molar-refractivity contribution is -0.141. The highest BCUT2D eigenvalue weighted by molar-refractivity contribution is 5.36. The van der Waals surface area contributed by atoms with Gasteiger partial charge in [0, 0.05) is 19.6 Å². The number of benzene rings is 3. The van der Waals surface area contributed by atoms with Crippen molar-refractivity contribution in [2.45, 2.75) is 51.9 Å². The van der Waals surface area contributed by atoms with E-state index in [1.54, 1.807) is 0 Å². The van der Waals surface area contributed by atoms with Gasteiger partial charge < -0.3 is 19.3 Å². The Bertz CT molecular complexity index is 997. The SMILES string of the molecule is Cc1ccc(OCC2COC(C)(C)O2)cc1[C@H](O)CN(Cc1ccccc1)Cc1ccccc1. The molecule has 0 aromatic heterocycles. The molecule has 180 valence electrons. The first-order chi connectivity index (χ1) is 16.4. The minimum atomic E-state index is -0.638. The van der Waals surface area contributed by atoms with Gasteiger partial charge in [0.2, 0.25) is 0 Å². The Labute approximate surface area is 202 Å². The summed E-state index contributed by atoms with van der Waals surface area (Å²) in [6.07, 6.45) is -0.738. The fourth-order valence-corrected chi connectivity index (χ4v) is 4.31. The Morgan fingerprint density at radius 2 is 1.59 bits per heavy atom. The van der Waals surface area contributed by atoms with Gasteiger partial charge in [-0.3, -0.25) is 4.90 Å². The van der Waals surface area contributed by atoms with Crippen LogP contribution >= 0.6 is 0 Å². The summed E-state index contributed by atoms with van der Waals surface area (Å²) in [7, 11) is 0. The highest BCUT2D eigenvalue weighted by Gasteiger charge is 2.33. The van der Waals surface area contributed by atoms with Crippen LogP contribution in [0.4, 0.5) is 0 Å².